The summed E-state index contributed by atoms with van der Waals surface area (Å²) in [5.74, 6) is -0.828. The molecule has 0 aliphatic carbocycles. The highest BCUT2D eigenvalue weighted by Crippen LogP contribution is 2.24. The van der Waals surface area contributed by atoms with Gasteiger partial charge < -0.3 is 20.1 Å². The van der Waals surface area contributed by atoms with E-state index in [0.717, 1.165) is 35.6 Å². The SMILES string of the molecule is Cl.O=C(Nc1ccc(C2CNCCO2)cc1)c1cnn(-c2ccc(OC(F)(F)F)cc2)n1. The summed E-state index contributed by atoms with van der Waals surface area (Å²) >= 11 is 0. The Hall–Kier alpha value is -3.15. The first-order chi connectivity index (χ1) is 14.9. The van der Waals surface area contributed by atoms with E-state index in [1.807, 2.05) is 12.1 Å². The van der Waals surface area contributed by atoms with Gasteiger partial charge in [-0.3, -0.25) is 4.79 Å². The van der Waals surface area contributed by atoms with E-state index >= 15 is 0 Å². The number of rotatable bonds is 5. The molecule has 1 aromatic heterocycles. The molecule has 2 aromatic carbocycles. The van der Waals surface area contributed by atoms with Crippen LogP contribution in [0.5, 0.6) is 5.75 Å². The molecule has 0 saturated carbocycles. The Morgan fingerprint density at radius 2 is 1.88 bits per heavy atom. The van der Waals surface area contributed by atoms with Crippen LogP contribution in [0.25, 0.3) is 5.69 Å². The number of anilines is 1. The average molecular weight is 470 g/mol. The Labute approximate surface area is 187 Å². The standard InChI is InChI=1S/C20H18F3N5O3.ClH/c21-20(22,23)31-16-7-5-15(6-8-16)28-25-11-17(27-28)19(29)26-14-3-1-13(2-4-14)18-12-24-9-10-30-18;/h1-8,11,18,24H,9-10,12H2,(H,26,29);1H. The maximum Gasteiger partial charge on any atom is 0.573 e. The van der Waals surface area contributed by atoms with Crippen LogP contribution in [-0.2, 0) is 4.74 Å². The van der Waals surface area contributed by atoms with Gasteiger partial charge in [-0.15, -0.1) is 30.7 Å². The van der Waals surface area contributed by atoms with Crippen molar-refractivity contribution in [2.45, 2.75) is 12.5 Å². The molecule has 1 saturated heterocycles. The fraction of sp³-hybridized carbons (Fsp3) is 0.250. The topological polar surface area (TPSA) is 90.3 Å². The number of amides is 1. The minimum Gasteiger partial charge on any atom is -0.406 e. The van der Waals surface area contributed by atoms with Gasteiger partial charge in [-0.05, 0) is 42.0 Å². The van der Waals surface area contributed by atoms with Crippen LogP contribution in [-0.4, -0.2) is 47.0 Å². The van der Waals surface area contributed by atoms with E-state index in [1.54, 1.807) is 12.1 Å². The normalized spacial score (nSPS) is 16.2. The number of hydrogen-bond acceptors (Lipinski definition) is 6. The Kier molecular flexibility index (Phi) is 7.33. The van der Waals surface area contributed by atoms with Crippen molar-refractivity contribution in [3.8, 4) is 11.4 Å². The van der Waals surface area contributed by atoms with E-state index in [-0.39, 0.29) is 30.0 Å². The highest BCUT2D eigenvalue weighted by atomic mass is 35.5. The van der Waals surface area contributed by atoms with Gasteiger partial charge in [-0.1, -0.05) is 12.1 Å². The molecule has 1 unspecified atom stereocenters. The average Bonchev–Trinajstić information content (AvgIpc) is 3.25. The molecule has 1 atom stereocenters. The van der Waals surface area contributed by atoms with Gasteiger partial charge >= 0.3 is 6.36 Å². The number of morpholine rings is 1. The van der Waals surface area contributed by atoms with Crippen LogP contribution < -0.4 is 15.4 Å². The lowest BCUT2D eigenvalue weighted by Crippen LogP contribution is -2.33. The van der Waals surface area contributed by atoms with Crippen molar-refractivity contribution in [3.63, 3.8) is 0 Å². The van der Waals surface area contributed by atoms with E-state index < -0.39 is 12.3 Å². The molecule has 2 N–H and O–H groups in total. The lowest BCUT2D eigenvalue weighted by Gasteiger charge is -2.24. The molecule has 3 aromatic rings. The molecular weight excluding hydrogens is 451 g/mol. The lowest BCUT2D eigenvalue weighted by molar-refractivity contribution is -0.274. The summed E-state index contributed by atoms with van der Waals surface area (Å²) < 4.78 is 46.3. The van der Waals surface area contributed by atoms with Crippen molar-refractivity contribution in [3.05, 3.63) is 66.0 Å². The largest absolute Gasteiger partial charge is 0.573 e. The van der Waals surface area contributed by atoms with Gasteiger partial charge in [0.25, 0.3) is 5.91 Å². The second-order valence-electron chi connectivity index (χ2n) is 6.70. The highest BCUT2D eigenvalue weighted by molar-refractivity contribution is 6.02. The molecule has 4 rings (SSSR count). The van der Waals surface area contributed by atoms with Gasteiger partial charge in [0.15, 0.2) is 5.69 Å². The predicted octanol–water partition coefficient (Wildman–Crippen LogP) is 3.50. The smallest absolute Gasteiger partial charge is 0.406 e. The Bertz CT molecular complexity index is 1040. The third kappa shape index (κ3) is 5.96. The third-order valence-corrected chi connectivity index (χ3v) is 4.49. The van der Waals surface area contributed by atoms with Crippen LogP contribution in [0.3, 0.4) is 0 Å². The predicted molar refractivity (Wildman–Crippen MR) is 111 cm³/mol. The number of halogens is 4. The van der Waals surface area contributed by atoms with Gasteiger partial charge in [0, 0.05) is 18.8 Å². The summed E-state index contributed by atoms with van der Waals surface area (Å²) in [7, 11) is 0. The molecular formula is C20H19ClF3N5O3. The molecule has 0 bridgehead atoms. The molecule has 32 heavy (non-hydrogen) atoms. The minimum atomic E-state index is -4.77. The quantitative estimate of drug-likeness (QED) is 0.594. The summed E-state index contributed by atoms with van der Waals surface area (Å²) in [5.41, 5.74) is 2.02. The molecule has 1 fully saturated rings. The molecule has 8 nitrogen and oxygen atoms in total. The fourth-order valence-electron chi connectivity index (χ4n) is 3.03. The van der Waals surface area contributed by atoms with Crippen LogP contribution in [0.15, 0.2) is 54.7 Å². The van der Waals surface area contributed by atoms with Gasteiger partial charge in [-0.2, -0.15) is 9.90 Å². The van der Waals surface area contributed by atoms with Crippen molar-refractivity contribution < 1.29 is 27.4 Å². The van der Waals surface area contributed by atoms with E-state index in [4.69, 9.17) is 4.74 Å². The highest BCUT2D eigenvalue weighted by Gasteiger charge is 2.31. The Morgan fingerprint density at radius 3 is 2.50 bits per heavy atom. The number of ether oxygens (including phenoxy) is 2. The number of hydrogen-bond donors (Lipinski definition) is 2. The van der Waals surface area contributed by atoms with E-state index in [0.29, 0.717) is 18.0 Å². The Balaban J connectivity index is 0.00000289. The number of carbonyl (C=O) groups excluding carboxylic acids is 1. The first kappa shape index (κ1) is 23.5. The molecule has 0 spiro atoms. The molecule has 1 amide bonds. The summed E-state index contributed by atoms with van der Waals surface area (Å²) in [6.45, 7) is 2.21. The van der Waals surface area contributed by atoms with E-state index in [1.165, 1.54) is 18.3 Å². The number of benzene rings is 2. The zero-order chi connectivity index (χ0) is 21.8. The van der Waals surface area contributed by atoms with E-state index in [2.05, 4.69) is 25.6 Å². The van der Waals surface area contributed by atoms with E-state index in [9.17, 15) is 18.0 Å². The number of nitrogens with zero attached hydrogens (tertiary/aromatic N) is 3. The zero-order valence-corrected chi connectivity index (χ0v) is 17.3. The maximum absolute atomic E-state index is 12.4. The van der Waals surface area contributed by atoms with Crippen molar-refractivity contribution in [1.29, 1.82) is 0 Å². The number of alkyl halides is 3. The molecule has 12 heteroatoms. The minimum absolute atomic E-state index is 0. The fourth-order valence-corrected chi connectivity index (χ4v) is 3.03. The van der Waals surface area contributed by atoms with Crippen LogP contribution in [0.1, 0.15) is 22.2 Å². The molecule has 1 aliphatic rings. The zero-order valence-electron chi connectivity index (χ0n) is 16.5. The second kappa shape index (κ2) is 9.98. The molecule has 2 heterocycles. The van der Waals surface area contributed by atoms with Crippen molar-refractivity contribution in [1.82, 2.24) is 20.3 Å². The maximum atomic E-state index is 12.4. The number of carbonyl (C=O) groups is 1. The van der Waals surface area contributed by atoms with Crippen LogP contribution >= 0.6 is 12.4 Å². The van der Waals surface area contributed by atoms with Gasteiger partial charge in [0.05, 0.1) is 24.6 Å². The van der Waals surface area contributed by atoms with Gasteiger partial charge in [-0.25, -0.2) is 0 Å². The summed E-state index contributed by atoms with van der Waals surface area (Å²) in [6, 6.07) is 12.3. The number of nitrogens with one attached hydrogen (secondary N) is 2. The van der Waals surface area contributed by atoms with Crippen molar-refractivity contribution in [2.75, 3.05) is 25.0 Å². The lowest BCUT2D eigenvalue weighted by atomic mass is 10.1. The van der Waals surface area contributed by atoms with Crippen molar-refractivity contribution in [2.24, 2.45) is 0 Å². The summed E-state index contributed by atoms with van der Waals surface area (Å²) in [5, 5.41) is 14.1. The van der Waals surface area contributed by atoms with Gasteiger partial charge in [0.2, 0.25) is 0 Å². The van der Waals surface area contributed by atoms with Crippen molar-refractivity contribution >= 4 is 24.0 Å². The van der Waals surface area contributed by atoms with Gasteiger partial charge in [0.1, 0.15) is 5.75 Å². The number of aromatic nitrogens is 3. The molecule has 170 valence electrons. The summed E-state index contributed by atoms with van der Waals surface area (Å²) in [4.78, 5) is 13.6. The third-order valence-electron chi connectivity index (χ3n) is 4.49. The summed E-state index contributed by atoms with van der Waals surface area (Å²) in [6.07, 6.45) is -3.52. The second-order valence-corrected chi connectivity index (χ2v) is 6.70. The monoisotopic (exact) mass is 469 g/mol. The Morgan fingerprint density at radius 1 is 1.16 bits per heavy atom. The molecule has 1 aliphatic heterocycles. The molecule has 0 radical (unpaired) electrons. The van der Waals surface area contributed by atoms with Crippen LogP contribution in [0.4, 0.5) is 18.9 Å². The van der Waals surface area contributed by atoms with Crippen LogP contribution in [0.2, 0.25) is 0 Å². The van der Waals surface area contributed by atoms with Crippen LogP contribution in [0, 0.1) is 0 Å². The first-order valence-electron chi connectivity index (χ1n) is 9.39. The first-order valence-corrected chi connectivity index (χ1v) is 9.39.